The Morgan fingerprint density at radius 3 is 2.76 bits per heavy atom. The van der Waals surface area contributed by atoms with Gasteiger partial charge in [-0.3, -0.25) is 4.79 Å². The van der Waals surface area contributed by atoms with E-state index in [1.54, 1.807) is 31.2 Å². The first-order valence-corrected chi connectivity index (χ1v) is 13.0. The zero-order chi connectivity index (χ0) is 23.4. The zero-order valence-electron chi connectivity index (χ0n) is 18.0. The third-order valence-corrected chi connectivity index (χ3v) is 7.99. The molecule has 0 bridgehead atoms. The summed E-state index contributed by atoms with van der Waals surface area (Å²) in [5, 5.41) is 6.58. The minimum atomic E-state index is -3.55. The summed E-state index contributed by atoms with van der Waals surface area (Å²) in [6, 6.07) is 11.0. The van der Waals surface area contributed by atoms with Crippen molar-refractivity contribution in [2.75, 3.05) is 24.2 Å². The van der Waals surface area contributed by atoms with Crippen molar-refractivity contribution in [3.05, 3.63) is 59.7 Å². The highest BCUT2D eigenvalue weighted by molar-refractivity contribution is 7.99. The first kappa shape index (κ1) is 23.4. The molecule has 8 nitrogen and oxygen atoms in total. The lowest BCUT2D eigenvalue weighted by Crippen LogP contribution is -2.28. The van der Waals surface area contributed by atoms with Gasteiger partial charge in [0.25, 0.3) is 0 Å². The van der Waals surface area contributed by atoms with E-state index in [1.807, 2.05) is 0 Å². The summed E-state index contributed by atoms with van der Waals surface area (Å²) in [4.78, 5) is 16.7. The fraction of sp³-hybridized carbons (Fsp3) is 0.318. The summed E-state index contributed by atoms with van der Waals surface area (Å²) >= 11 is 1.27. The summed E-state index contributed by atoms with van der Waals surface area (Å²) in [5.74, 6) is 0.392. The normalized spacial score (nSPS) is 14.5. The van der Waals surface area contributed by atoms with Crippen LogP contribution in [0.5, 0.6) is 0 Å². The minimum Gasteiger partial charge on any atom is -0.338 e. The number of sulfonamides is 1. The quantitative estimate of drug-likeness (QED) is 0.511. The van der Waals surface area contributed by atoms with Gasteiger partial charge in [0.05, 0.1) is 16.4 Å². The van der Waals surface area contributed by atoms with Crippen molar-refractivity contribution in [2.24, 2.45) is 0 Å². The molecule has 0 aliphatic carbocycles. The number of carbonyl (C=O) groups excluding carboxylic acids is 1. The van der Waals surface area contributed by atoms with Crippen LogP contribution in [0.3, 0.4) is 0 Å². The second-order valence-electron chi connectivity index (χ2n) is 7.66. The average molecular weight is 491 g/mol. The summed E-state index contributed by atoms with van der Waals surface area (Å²) in [5.41, 5.74) is 1.46. The minimum absolute atomic E-state index is 0.111. The number of carbonyl (C=O) groups is 1. The number of halogens is 1. The van der Waals surface area contributed by atoms with E-state index in [0.29, 0.717) is 41.5 Å². The van der Waals surface area contributed by atoms with E-state index in [1.165, 1.54) is 34.3 Å². The number of nitrogens with one attached hydrogen (secondary N) is 1. The fourth-order valence-corrected chi connectivity index (χ4v) is 5.62. The monoisotopic (exact) mass is 490 g/mol. The molecule has 174 valence electrons. The maximum absolute atomic E-state index is 13.7. The Hall–Kier alpha value is -2.76. The molecule has 1 saturated heterocycles. The van der Waals surface area contributed by atoms with Gasteiger partial charge in [-0.2, -0.15) is 9.29 Å². The van der Waals surface area contributed by atoms with Gasteiger partial charge in [0.15, 0.2) is 0 Å². The predicted octanol–water partition coefficient (Wildman–Crippen LogP) is 3.84. The number of aromatic nitrogens is 2. The number of hydrogen-bond donors (Lipinski definition) is 1. The Morgan fingerprint density at radius 1 is 1.21 bits per heavy atom. The molecule has 3 aromatic rings. The van der Waals surface area contributed by atoms with Crippen LogP contribution < -0.4 is 5.32 Å². The molecule has 2 aromatic carbocycles. The first-order valence-electron chi connectivity index (χ1n) is 10.4. The molecule has 33 heavy (non-hydrogen) atoms. The van der Waals surface area contributed by atoms with Gasteiger partial charge in [0.2, 0.25) is 27.6 Å². The summed E-state index contributed by atoms with van der Waals surface area (Å²) in [6.07, 6.45) is 1.71. The molecule has 1 N–H and O–H groups in total. The van der Waals surface area contributed by atoms with Crippen molar-refractivity contribution >= 4 is 33.4 Å². The zero-order valence-corrected chi connectivity index (χ0v) is 19.6. The Labute approximate surface area is 195 Å². The lowest BCUT2D eigenvalue weighted by Gasteiger charge is -2.16. The van der Waals surface area contributed by atoms with Crippen molar-refractivity contribution in [2.45, 2.75) is 30.4 Å². The van der Waals surface area contributed by atoms with Gasteiger partial charge in [-0.1, -0.05) is 23.4 Å². The van der Waals surface area contributed by atoms with Crippen LogP contribution in [0.25, 0.3) is 11.4 Å². The van der Waals surface area contributed by atoms with Crippen LogP contribution in [0.1, 0.15) is 24.3 Å². The van der Waals surface area contributed by atoms with Gasteiger partial charge in [0, 0.05) is 24.3 Å². The molecular formula is C22H23FN4O4S2. The molecule has 1 aromatic heterocycles. The highest BCUT2D eigenvalue weighted by Crippen LogP contribution is 2.24. The first-order chi connectivity index (χ1) is 15.8. The fourth-order valence-electron chi connectivity index (χ4n) is 3.40. The Kier molecular flexibility index (Phi) is 7.11. The number of aryl methyl sites for hydroxylation is 1. The molecule has 0 atom stereocenters. The van der Waals surface area contributed by atoms with Crippen LogP contribution >= 0.6 is 11.8 Å². The Balaban J connectivity index is 1.30. The van der Waals surface area contributed by atoms with Gasteiger partial charge in [-0.15, -0.1) is 11.8 Å². The third-order valence-electron chi connectivity index (χ3n) is 5.18. The van der Waals surface area contributed by atoms with Crippen LogP contribution in [0.15, 0.2) is 51.9 Å². The van der Waals surface area contributed by atoms with E-state index in [0.717, 1.165) is 12.8 Å². The molecule has 0 saturated carbocycles. The number of anilines is 1. The van der Waals surface area contributed by atoms with Crippen LogP contribution in [-0.4, -0.2) is 47.6 Å². The van der Waals surface area contributed by atoms with Crippen molar-refractivity contribution < 1.29 is 22.1 Å². The number of rotatable bonds is 8. The number of benzene rings is 2. The van der Waals surface area contributed by atoms with E-state index in [9.17, 15) is 17.6 Å². The molecular weight excluding hydrogens is 467 g/mol. The van der Waals surface area contributed by atoms with Crippen molar-refractivity contribution in [1.29, 1.82) is 0 Å². The number of hydrogen-bond acceptors (Lipinski definition) is 7. The van der Waals surface area contributed by atoms with Gasteiger partial charge < -0.3 is 9.84 Å². The summed E-state index contributed by atoms with van der Waals surface area (Å²) < 4.78 is 45.8. The van der Waals surface area contributed by atoms with Crippen LogP contribution in [0.2, 0.25) is 0 Å². The second kappa shape index (κ2) is 10.0. The summed E-state index contributed by atoms with van der Waals surface area (Å²) in [6.45, 7) is 2.71. The van der Waals surface area contributed by atoms with Gasteiger partial charge in [-0.25, -0.2) is 12.8 Å². The molecule has 0 unspecified atom stereocenters. The molecule has 1 amide bonds. The maximum Gasteiger partial charge on any atom is 0.243 e. The molecule has 2 heterocycles. The van der Waals surface area contributed by atoms with E-state index >= 15 is 0 Å². The molecule has 1 aliphatic rings. The molecule has 4 rings (SSSR count). The van der Waals surface area contributed by atoms with Gasteiger partial charge >= 0.3 is 0 Å². The number of thioether (sulfide) groups is 1. The van der Waals surface area contributed by atoms with Gasteiger partial charge in [-0.05, 0) is 49.6 Å². The van der Waals surface area contributed by atoms with Crippen LogP contribution in [0.4, 0.5) is 10.1 Å². The van der Waals surface area contributed by atoms with E-state index in [2.05, 4.69) is 15.5 Å². The van der Waals surface area contributed by atoms with Crippen molar-refractivity contribution in [1.82, 2.24) is 14.4 Å². The lowest BCUT2D eigenvalue weighted by atomic mass is 10.1. The molecule has 1 fully saturated rings. The second-order valence-corrected chi connectivity index (χ2v) is 10.6. The number of amides is 1. The van der Waals surface area contributed by atoms with Crippen molar-refractivity contribution in [3.63, 3.8) is 0 Å². The lowest BCUT2D eigenvalue weighted by molar-refractivity contribution is -0.113. The maximum atomic E-state index is 13.7. The third kappa shape index (κ3) is 5.60. The number of nitrogens with zero attached hydrogens (tertiary/aromatic N) is 3. The van der Waals surface area contributed by atoms with Gasteiger partial charge in [0.1, 0.15) is 5.82 Å². The SMILES string of the molecule is Cc1ccc(-c2noc(CSCC(=O)Nc3cccc(S(=O)(=O)N4CCCC4)c3)n2)cc1F. The molecule has 0 radical (unpaired) electrons. The Morgan fingerprint density at radius 2 is 2.00 bits per heavy atom. The smallest absolute Gasteiger partial charge is 0.243 e. The average Bonchev–Trinajstić information content (AvgIpc) is 3.49. The van der Waals surface area contributed by atoms with Crippen LogP contribution in [-0.2, 0) is 20.6 Å². The standard InChI is InChI=1S/C22H23FN4O4S2/c1-15-7-8-16(11-19(15)23)22-25-21(31-26-22)14-32-13-20(28)24-17-5-4-6-18(12-17)33(29,30)27-9-2-3-10-27/h4-8,11-12H,2-3,9-10,13-14H2,1H3,(H,24,28). The van der Waals surface area contributed by atoms with E-state index in [4.69, 9.17) is 4.52 Å². The predicted molar refractivity (Wildman–Crippen MR) is 124 cm³/mol. The largest absolute Gasteiger partial charge is 0.338 e. The summed E-state index contributed by atoms with van der Waals surface area (Å²) in [7, 11) is -3.55. The van der Waals surface area contributed by atoms with E-state index < -0.39 is 10.0 Å². The molecule has 0 spiro atoms. The topological polar surface area (TPSA) is 105 Å². The van der Waals surface area contributed by atoms with E-state index in [-0.39, 0.29) is 28.2 Å². The molecule has 1 aliphatic heterocycles. The highest BCUT2D eigenvalue weighted by atomic mass is 32.2. The van der Waals surface area contributed by atoms with Crippen LogP contribution in [0, 0.1) is 12.7 Å². The highest BCUT2D eigenvalue weighted by Gasteiger charge is 2.27. The Bertz CT molecular complexity index is 1260. The molecule has 11 heteroatoms. The van der Waals surface area contributed by atoms with Crippen molar-refractivity contribution in [3.8, 4) is 11.4 Å².